The lowest BCUT2D eigenvalue weighted by atomic mass is 9.83. The molecule has 0 spiro atoms. The largest absolute Gasteiger partial charge is 0.339 e. The maximum Gasteiger partial charge on any atom is 0.256 e. The van der Waals surface area contributed by atoms with Crippen LogP contribution in [0.3, 0.4) is 0 Å². The number of alkyl halides is 1. The summed E-state index contributed by atoms with van der Waals surface area (Å²) in [5.74, 6) is -1.06. The van der Waals surface area contributed by atoms with Crippen molar-refractivity contribution in [3.05, 3.63) is 65.7 Å². The Kier molecular flexibility index (Phi) is 6.45. The van der Waals surface area contributed by atoms with Crippen LogP contribution in [0.5, 0.6) is 0 Å². The predicted octanol–water partition coefficient (Wildman–Crippen LogP) is 4.18. The third-order valence-electron chi connectivity index (χ3n) is 5.37. The lowest BCUT2D eigenvalue weighted by Gasteiger charge is -2.37. The molecule has 0 radical (unpaired) electrons. The number of piperidine rings is 1. The van der Waals surface area contributed by atoms with Gasteiger partial charge in [-0.05, 0) is 43.0 Å². The van der Waals surface area contributed by atoms with Crippen molar-refractivity contribution in [2.75, 3.05) is 18.4 Å². The number of carbonyl (C=O) groups is 2. The highest BCUT2D eigenvalue weighted by molar-refractivity contribution is 5.93. The molecule has 3 atom stereocenters. The van der Waals surface area contributed by atoms with Gasteiger partial charge in [-0.25, -0.2) is 4.39 Å². The molecule has 1 saturated heterocycles. The molecule has 0 aromatic heterocycles. The Balaban J connectivity index is 1.80. The van der Waals surface area contributed by atoms with Gasteiger partial charge < -0.3 is 10.2 Å². The van der Waals surface area contributed by atoms with Crippen LogP contribution in [0.25, 0.3) is 0 Å². The maximum absolute atomic E-state index is 13.7. The number of rotatable bonds is 5. The van der Waals surface area contributed by atoms with Gasteiger partial charge in [0.05, 0.1) is 5.92 Å². The number of carbonyl (C=O) groups excluding carboxylic acids is 2. The minimum absolute atomic E-state index is 0.00822. The summed E-state index contributed by atoms with van der Waals surface area (Å²) in [5.41, 5.74) is 3.04. The van der Waals surface area contributed by atoms with Crippen molar-refractivity contribution < 1.29 is 14.0 Å². The van der Waals surface area contributed by atoms with Gasteiger partial charge in [-0.3, -0.25) is 9.59 Å². The van der Waals surface area contributed by atoms with Gasteiger partial charge in [-0.15, -0.1) is 0 Å². The van der Waals surface area contributed by atoms with Crippen LogP contribution in [0.1, 0.15) is 37.3 Å². The number of benzene rings is 2. The van der Waals surface area contributed by atoms with Gasteiger partial charge in [0.25, 0.3) is 5.91 Å². The molecule has 1 N–H and O–H groups in total. The number of nitrogens with one attached hydrogen (secondary N) is 1. The summed E-state index contributed by atoms with van der Waals surface area (Å²) in [6, 6.07) is 17.5. The molecule has 2 aromatic rings. The highest BCUT2D eigenvalue weighted by atomic mass is 19.1. The Morgan fingerprint density at radius 3 is 2.39 bits per heavy atom. The summed E-state index contributed by atoms with van der Waals surface area (Å²) in [7, 11) is 0. The number of halogens is 1. The van der Waals surface area contributed by atoms with Crippen molar-refractivity contribution in [3.8, 4) is 0 Å². The minimum Gasteiger partial charge on any atom is -0.339 e. The summed E-state index contributed by atoms with van der Waals surface area (Å²) in [6.45, 7) is 4.03. The second-order valence-electron chi connectivity index (χ2n) is 7.44. The number of anilines is 1. The van der Waals surface area contributed by atoms with E-state index in [2.05, 4.69) is 36.5 Å². The number of nitrogens with zero attached hydrogens (tertiary/aromatic N) is 1. The number of aryl methyl sites for hydroxylation is 1. The van der Waals surface area contributed by atoms with Crippen LogP contribution in [-0.2, 0) is 16.0 Å². The predicted molar refractivity (Wildman–Crippen MR) is 109 cm³/mol. The molecule has 1 fully saturated rings. The molecular formula is C23H27FN2O2. The summed E-state index contributed by atoms with van der Waals surface area (Å²) in [6.07, 6.45) is 0.0186. The van der Waals surface area contributed by atoms with E-state index in [9.17, 15) is 14.0 Å². The van der Waals surface area contributed by atoms with Gasteiger partial charge in [0, 0.05) is 24.7 Å². The number of amides is 2. The van der Waals surface area contributed by atoms with E-state index in [1.54, 1.807) is 0 Å². The quantitative estimate of drug-likeness (QED) is 0.843. The monoisotopic (exact) mass is 382 g/mol. The third kappa shape index (κ3) is 4.77. The Morgan fingerprint density at radius 2 is 1.79 bits per heavy atom. The smallest absolute Gasteiger partial charge is 0.256 e. The molecule has 4 nitrogen and oxygen atoms in total. The average Bonchev–Trinajstić information content (AvgIpc) is 2.73. The van der Waals surface area contributed by atoms with E-state index in [-0.39, 0.29) is 24.3 Å². The minimum atomic E-state index is -1.57. The van der Waals surface area contributed by atoms with Crippen LogP contribution in [0, 0.1) is 5.92 Å². The van der Waals surface area contributed by atoms with Gasteiger partial charge >= 0.3 is 0 Å². The molecule has 0 bridgehead atoms. The first-order chi connectivity index (χ1) is 13.5. The van der Waals surface area contributed by atoms with Crippen molar-refractivity contribution >= 4 is 17.5 Å². The van der Waals surface area contributed by atoms with Gasteiger partial charge in [0.2, 0.25) is 5.91 Å². The van der Waals surface area contributed by atoms with Gasteiger partial charge in [-0.2, -0.15) is 0 Å². The summed E-state index contributed by atoms with van der Waals surface area (Å²) < 4.78 is 13.7. The van der Waals surface area contributed by atoms with Gasteiger partial charge in [0.15, 0.2) is 6.17 Å². The van der Waals surface area contributed by atoms with E-state index < -0.39 is 12.1 Å². The molecule has 1 aliphatic heterocycles. The molecule has 5 heteroatoms. The van der Waals surface area contributed by atoms with Crippen LogP contribution in [0.15, 0.2) is 54.6 Å². The van der Waals surface area contributed by atoms with E-state index in [4.69, 9.17) is 0 Å². The Bertz CT molecular complexity index is 805. The van der Waals surface area contributed by atoms with Crippen molar-refractivity contribution in [1.29, 1.82) is 0 Å². The zero-order chi connectivity index (χ0) is 20.1. The van der Waals surface area contributed by atoms with E-state index in [1.807, 2.05) is 30.3 Å². The normalized spacial score (nSPS) is 20.5. The zero-order valence-corrected chi connectivity index (χ0v) is 16.4. The van der Waals surface area contributed by atoms with Crippen LogP contribution >= 0.6 is 0 Å². The number of hydrogen-bond donors (Lipinski definition) is 1. The molecule has 1 aliphatic rings. The number of likely N-dealkylation sites (tertiary alicyclic amines) is 1. The fourth-order valence-corrected chi connectivity index (χ4v) is 3.75. The number of para-hydroxylation sites is 1. The van der Waals surface area contributed by atoms with E-state index in [0.717, 1.165) is 17.7 Å². The fourth-order valence-electron chi connectivity index (χ4n) is 3.75. The zero-order valence-electron chi connectivity index (χ0n) is 16.4. The standard InChI is InChI=1S/C23H27FN2O2/c1-3-17-9-11-18(12-10-17)19-13-20(15-26(14-19)23(28)16(2)24)22(27)25-21-7-5-4-6-8-21/h4-12,16,19-20H,3,13-15H2,1-2H3,(H,25,27)/t16-,19?,20?/m1/s1. The Hall–Kier alpha value is -2.69. The molecule has 148 valence electrons. The molecule has 28 heavy (non-hydrogen) atoms. The maximum atomic E-state index is 13.7. The molecule has 1 heterocycles. The highest BCUT2D eigenvalue weighted by Crippen LogP contribution is 2.32. The van der Waals surface area contributed by atoms with Gasteiger partial charge in [0.1, 0.15) is 0 Å². The van der Waals surface area contributed by atoms with E-state index in [0.29, 0.717) is 13.0 Å². The van der Waals surface area contributed by atoms with E-state index in [1.165, 1.54) is 17.4 Å². The first-order valence-electron chi connectivity index (χ1n) is 9.85. The highest BCUT2D eigenvalue weighted by Gasteiger charge is 2.35. The SMILES string of the molecule is CCc1ccc(C2CC(C(=O)Nc3ccccc3)CN(C(=O)[C@@H](C)F)C2)cc1. The van der Waals surface area contributed by atoms with Crippen molar-refractivity contribution in [3.63, 3.8) is 0 Å². The molecule has 3 rings (SSSR count). The lowest BCUT2D eigenvalue weighted by molar-refractivity contribution is -0.139. The lowest BCUT2D eigenvalue weighted by Crippen LogP contribution is -2.48. The van der Waals surface area contributed by atoms with Crippen LogP contribution in [0.2, 0.25) is 0 Å². The van der Waals surface area contributed by atoms with Gasteiger partial charge in [-0.1, -0.05) is 49.4 Å². The molecule has 0 saturated carbocycles. The molecule has 2 aromatic carbocycles. The number of hydrogen-bond acceptors (Lipinski definition) is 2. The fraction of sp³-hybridized carbons (Fsp3) is 0.391. The summed E-state index contributed by atoms with van der Waals surface area (Å²) in [4.78, 5) is 26.7. The first-order valence-corrected chi connectivity index (χ1v) is 9.85. The topological polar surface area (TPSA) is 49.4 Å². The van der Waals surface area contributed by atoms with E-state index >= 15 is 0 Å². The molecule has 2 unspecified atom stereocenters. The molecule has 2 amide bonds. The van der Waals surface area contributed by atoms with Crippen LogP contribution in [0.4, 0.5) is 10.1 Å². The Labute approximate surface area is 165 Å². The van der Waals surface area contributed by atoms with Crippen LogP contribution < -0.4 is 5.32 Å². The van der Waals surface area contributed by atoms with Crippen molar-refractivity contribution in [2.24, 2.45) is 5.92 Å². The third-order valence-corrected chi connectivity index (χ3v) is 5.37. The van der Waals surface area contributed by atoms with Crippen molar-refractivity contribution in [1.82, 2.24) is 4.90 Å². The molecule has 0 aliphatic carbocycles. The second-order valence-corrected chi connectivity index (χ2v) is 7.44. The summed E-state index contributed by atoms with van der Waals surface area (Å²) >= 11 is 0. The first kappa shape index (κ1) is 20.1. The Morgan fingerprint density at radius 1 is 1.11 bits per heavy atom. The summed E-state index contributed by atoms with van der Waals surface area (Å²) in [5, 5.41) is 2.92. The van der Waals surface area contributed by atoms with Crippen LogP contribution in [-0.4, -0.2) is 36.0 Å². The van der Waals surface area contributed by atoms with Crippen molar-refractivity contribution in [2.45, 2.75) is 38.8 Å². The average molecular weight is 382 g/mol. The second kappa shape index (κ2) is 9.00. The molecular weight excluding hydrogens is 355 g/mol.